The van der Waals surface area contributed by atoms with Gasteiger partial charge in [-0.2, -0.15) is 0 Å². The number of ether oxygens (including phenoxy) is 1. The van der Waals surface area contributed by atoms with E-state index in [1.165, 1.54) is 0 Å². The molecule has 1 amide bonds. The van der Waals surface area contributed by atoms with Crippen LogP contribution in [0, 0.1) is 5.92 Å². The zero-order valence-corrected chi connectivity index (χ0v) is 13.4. The lowest BCUT2D eigenvalue weighted by atomic mass is 9.86. The smallest absolute Gasteiger partial charge is 0.255 e. The minimum atomic E-state index is -0.0665. The lowest BCUT2D eigenvalue weighted by Gasteiger charge is -2.31. The second kappa shape index (κ2) is 7.75. The van der Waals surface area contributed by atoms with Gasteiger partial charge in [0, 0.05) is 31.9 Å². The molecule has 2 aliphatic rings. The van der Waals surface area contributed by atoms with Crippen molar-refractivity contribution >= 4 is 11.7 Å². The largest absolute Gasteiger partial charge is 0.396 e. The standard InChI is InChI=1S/C17H25N3O3/c21-12-13-3-1-4-14(11-13)19-17(22)15-5-2-6-18-16(15)20-7-9-23-10-8-20/h2,5-6,13-14,21H,1,3-4,7-12H2,(H,19,22)/t13-,14+/m1/s1. The van der Waals surface area contributed by atoms with Crippen molar-refractivity contribution in [3.63, 3.8) is 0 Å². The number of nitrogens with one attached hydrogen (secondary N) is 1. The molecule has 1 saturated carbocycles. The molecule has 23 heavy (non-hydrogen) atoms. The SMILES string of the molecule is O=C(N[C@H]1CCC[C@@H](CO)C1)c1cccnc1N1CCOCC1. The minimum absolute atomic E-state index is 0.0665. The summed E-state index contributed by atoms with van der Waals surface area (Å²) in [5.74, 6) is 0.979. The van der Waals surface area contributed by atoms with E-state index in [9.17, 15) is 9.90 Å². The number of carbonyl (C=O) groups is 1. The first-order valence-electron chi connectivity index (χ1n) is 8.47. The Morgan fingerprint density at radius 1 is 1.39 bits per heavy atom. The first kappa shape index (κ1) is 16.2. The Balaban J connectivity index is 1.69. The van der Waals surface area contributed by atoms with Crippen molar-refractivity contribution in [2.45, 2.75) is 31.7 Å². The molecule has 3 rings (SSSR count). The van der Waals surface area contributed by atoms with Gasteiger partial charge in [-0.15, -0.1) is 0 Å². The number of amides is 1. The maximum Gasteiger partial charge on any atom is 0.255 e. The van der Waals surface area contributed by atoms with E-state index < -0.39 is 0 Å². The zero-order valence-electron chi connectivity index (χ0n) is 13.4. The minimum Gasteiger partial charge on any atom is -0.396 e. The highest BCUT2D eigenvalue weighted by Crippen LogP contribution is 2.25. The summed E-state index contributed by atoms with van der Waals surface area (Å²) in [5, 5.41) is 12.5. The first-order valence-corrected chi connectivity index (χ1v) is 8.47. The number of morpholine rings is 1. The van der Waals surface area contributed by atoms with Crippen molar-refractivity contribution in [2.24, 2.45) is 5.92 Å². The van der Waals surface area contributed by atoms with E-state index in [4.69, 9.17) is 4.74 Å². The lowest BCUT2D eigenvalue weighted by Crippen LogP contribution is -2.41. The summed E-state index contributed by atoms with van der Waals surface area (Å²) in [6.07, 6.45) is 5.67. The maximum atomic E-state index is 12.7. The third kappa shape index (κ3) is 4.00. The van der Waals surface area contributed by atoms with E-state index in [0.29, 0.717) is 24.7 Å². The normalized spacial score (nSPS) is 25.2. The molecule has 2 heterocycles. The van der Waals surface area contributed by atoms with Crippen LogP contribution in [-0.2, 0) is 4.74 Å². The summed E-state index contributed by atoms with van der Waals surface area (Å²) in [7, 11) is 0. The van der Waals surface area contributed by atoms with Gasteiger partial charge in [0.2, 0.25) is 0 Å². The number of aromatic nitrogens is 1. The van der Waals surface area contributed by atoms with E-state index in [2.05, 4.69) is 15.2 Å². The average molecular weight is 319 g/mol. The number of hydrogen-bond acceptors (Lipinski definition) is 5. The van der Waals surface area contributed by atoms with Crippen LogP contribution in [0.4, 0.5) is 5.82 Å². The summed E-state index contributed by atoms with van der Waals surface area (Å²) in [5.41, 5.74) is 0.625. The first-order chi connectivity index (χ1) is 11.3. The lowest BCUT2D eigenvalue weighted by molar-refractivity contribution is 0.0904. The van der Waals surface area contributed by atoms with Crippen LogP contribution >= 0.6 is 0 Å². The molecule has 2 N–H and O–H groups in total. The Hall–Kier alpha value is -1.66. The maximum absolute atomic E-state index is 12.7. The summed E-state index contributed by atoms with van der Waals surface area (Å²) in [4.78, 5) is 19.2. The fraction of sp³-hybridized carbons (Fsp3) is 0.647. The van der Waals surface area contributed by atoms with E-state index >= 15 is 0 Å². The molecule has 1 aromatic rings. The number of aliphatic hydroxyl groups excluding tert-OH is 1. The summed E-state index contributed by atoms with van der Waals surface area (Å²) in [6.45, 7) is 3.05. The Morgan fingerprint density at radius 2 is 2.22 bits per heavy atom. The molecule has 2 atom stereocenters. The Morgan fingerprint density at radius 3 is 3.00 bits per heavy atom. The Labute approximate surface area is 136 Å². The van der Waals surface area contributed by atoms with Crippen molar-refractivity contribution in [2.75, 3.05) is 37.8 Å². The molecule has 6 nitrogen and oxygen atoms in total. The molecular formula is C17H25N3O3. The number of pyridine rings is 1. The molecule has 0 spiro atoms. The van der Waals surface area contributed by atoms with E-state index in [1.54, 1.807) is 12.3 Å². The zero-order chi connectivity index (χ0) is 16.1. The van der Waals surface area contributed by atoms with Gasteiger partial charge in [-0.1, -0.05) is 6.42 Å². The molecule has 1 saturated heterocycles. The van der Waals surface area contributed by atoms with Crippen LogP contribution in [0.25, 0.3) is 0 Å². The molecular weight excluding hydrogens is 294 g/mol. The van der Waals surface area contributed by atoms with Crippen LogP contribution in [0.15, 0.2) is 18.3 Å². The van der Waals surface area contributed by atoms with Crippen molar-refractivity contribution < 1.29 is 14.6 Å². The van der Waals surface area contributed by atoms with Gasteiger partial charge in [0.15, 0.2) is 0 Å². The van der Waals surface area contributed by atoms with Gasteiger partial charge < -0.3 is 20.1 Å². The highest BCUT2D eigenvalue weighted by Gasteiger charge is 2.25. The van der Waals surface area contributed by atoms with Crippen LogP contribution in [0.1, 0.15) is 36.0 Å². The van der Waals surface area contributed by atoms with Crippen molar-refractivity contribution in [3.05, 3.63) is 23.9 Å². The molecule has 0 bridgehead atoms. The number of nitrogens with zero attached hydrogens (tertiary/aromatic N) is 2. The van der Waals surface area contributed by atoms with Crippen molar-refractivity contribution in [1.29, 1.82) is 0 Å². The van der Waals surface area contributed by atoms with Gasteiger partial charge in [-0.3, -0.25) is 4.79 Å². The van der Waals surface area contributed by atoms with Gasteiger partial charge in [0.25, 0.3) is 5.91 Å². The van der Waals surface area contributed by atoms with Crippen LogP contribution in [0.5, 0.6) is 0 Å². The Kier molecular flexibility index (Phi) is 5.46. The Bertz CT molecular complexity index is 532. The summed E-state index contributed by atoms with van der Waals surface area (Å²) in [6, 6.07) is 3.78. The van der Waals surface area contributed by atoms with E-state index in [1.807, 2.05) is 6.07 Å². The molecule has 1 aliphatic carbocycles. The predicted octanol–water partition coefficient (Wildman–Crippen LogP) is 1.20. The summed E-state index contributed by atoms with van der Waals surface area (Å²) >= 11 is 0. The van der Waals surface area contributed by atoms with Crippen LogP contribution in [0.3, 0.4) is 0 Å². The van der Waals surface area contributed by atoms with Crippen LogP contribution in [-0.4, -0.2) is 54.9 Å². The monoisotopic (exact) mass is 319 g/mol. The van der Waals surface area contributed by atoms with Crippen molar-refractivity contribution in [1.82, 2.24) is 10.3 Å². The van der Waals surface area contributed by atoms with E-state index in [0.717, 1.165) is 44.6 Å². The molecule has 1 aliphatic heterocycles. The molecule has 0 radical (unpaired) electrons. The third-order valence-electron chi connectivity index (χ3n) is 4.72. The molecule has 1 aromatic heterocycles. The van der Waals surface area contributed by atoms with Gasteiger partial charge in [0.05, 0.1) is 18.8 Å². The second-order valence-corrected chi connectivity index (χ2v) is 6.36. The van der Waals surface area contributed by atoms with Crippen LogP contribution in [0.2, 0.25) is 0 Å². The molecule has 0 aromatic carbocycles. The third-order valence-corrected chi connectivity index (χ3v) is 4.72. The van der Waals surface area contributed by atoms with Gasteiger partial charge in [-0.25, -0.2) is 4.98 Å². The molecule has 6 heteroatoms. The van der Waals surface area contributed by atoms with Crippen LogP contribution < -0.4 is 10.2 Å². The number of carbonyl (C=O) groups excluding carboxylic acids is 1. The number of aliphatic hydroxyl groups is 1. The quantitative estimate of drug-likeness (QED) is 0.872. The van der Waals surface area contributed by atoms with Gasteiger partial charge in [0.1, 0.15) is 5.82 Å². The molecule has 126 valence electrons. The molecule has 2 fully saturated rings. The fourth-order valence-electron chi connectivity index (χ4n) is 3.45. The van der Waals surface area contributed by atoms with Gasteiger partial charge in [-0.05, 0) is 37.3 Å². The van der Waals surface area contributed by atoms with E-state index in [-0.39, 0.29) is 18.6 Å². The number of anilines is 1. The van der Waals surface area contributed by atoms with Gasteiger partial charge >= 0.3 is 0 Å². The number of hydrogen-bond donors (Lipinski definition) is 2. The second-order valence-electron chi connectivity index (χ2n) is 6.36. The molecule has 0 unspecified atom stereocenters. The van der Waals surface area contributed by atoms with Crippen molar-refractivity contribution in [3.8, 4) is 0 Å². The predicted molar refractivity (Wildman–Crippen MR) is 87.6 cm³/mol. The number of rotatable bonds is 4. The highest BCUT2D eigenvalue weighted by atomic mass is 16.5. The average Bonchev–Trinajstić information content (AvgIpc) is 2.62. The highest BCUT2D eigenvalue weighted by molar-refractivity contribution is 5.99. The topological polar surface area (TPSA) is 74.7 Å². The fourth-order valence-corrected chi connectivity index (χ4v) is 3.45. The summed E-state index contributed by atoms with van der Waals surface area (Å²) < 4.78 is 5.37.